The van der Waals surface area contributed by atoms with Crippen LogP contribution in [-0.4, -0.2) is 53.3 Å². The first-order valence-electron chi connectivity index (χ1n) is 7.98. The molecule has 0 aliphatic carbocycles. The van der Waals surface area contributed by atoms with Crippen molar-refractivity contribution in [3.63, 3.8) is 0 Å². The molecule has 1 amide bonds. The maximum absolute atomic E-state index is 12.8. The Labute approximate surface area is 145 Å². The highest BCUT2D eigenvalue weighted by Crippen LogP contribution is 2.18. The molecule has 1 N–H and O–H groups in total. The molecule has 1 aliphatic rings. The number of pyridine rings is 1. The first kappa shape index (κ1) is 16.4. The number of nitrogens with zero attached hydrogens (tertiary/aromatic N) is 6. The molecule has 0 saturated carbocycles. The zero-order valence-electron chi connectivity index (χ0n) is 13.8. The van der Waals surface area contributed by atoms with Gasteiger partial charge in [-0.05, 0) is 13.0 Å². The molecule has 4 rings (SSSR count). The van der Waals surface area contributed by atoms with Crippen molar-refractivity contribution >= 4 is 16.9 Å². The van der Waals surface area contributed by atoms with Crippen molar-refractivity contribution < 1.29 is 13.6 Å². The molecule has 0 saturated heterocycles. The van der Waals surface area contributed by atoms with Crippen LogP contribution in [-0.2, 0) is 19.6 Å². The van der Waals surface area contributed by atoms with E-state index in [0.29, 0.717) is 17.0 Å². The molecule has 0 spiro atoms. The standard InChI is InChI=1S/C15H15F2N7O2/c1-8-10-4-9(5-18-13(10)20-19-8)14(25)22-2-3-23-12(7-22)21-24(15(23)26)6-11(16)17/h4-5,11H,2-3,6-7H2,1H3,(H,18,19,20). The molecule has 0 fully saturated rings. The normalized spacial score (nSPS) is 14.2. The number of nitrogens with one attached hydrogen (secondary N) is 1. The fraction of sp³-hybridized carbons (Fsp3) is 0.400. The van der Waals surface area contributed by atoms with Gasteiger partial charge in [0.2, 0.25) is 0 Å². The van der Waals surface area contributed by atoms with E-state index < -0.39 is 18.7 Å². The van der Waals surface area contributed by atoms with E-state index in [1.165, 1.54) is 15.7 Å². The van der Waals surface area contributed by atoms with Gasteiger partial charge >= 0.3 is 5.69 Å². The van der Waals surface area contributed by atoms with Crippen LogP contribution in [0.1, 0.15) is 21.9 Å². The van der Waals surface area contributed by atoms with E-state index in [1.54, 1.807) is 6.07 Å². The van der Waals surface area contributed by atoms with E-state index >= 15 is 0 Å². The second-order valence-corrected chi connectivity index (χ2v) is 6.09. The first-order chi connectivity index (χ1) is 12.4. The second-order valence-electron chi connectivity index (χ2n) is 6.09. The highest BCUT2D eigenvalue weighted by atomic mass is 19.3. The summed E-state index contributed by atoms with van der Waals surface area (Å²) < 4.78 is 27.1. The Morgan fingerprint density at radius 1 is 1.38 bits per heavy atom. The van der Waals surface area contributed by atoms with E-state index in [0.717, 1.165) is 15.8 Å². The third-order valence-corrected chi connectivity index (χ3v) is 4.37. The van der Waals surface area contributed by atoms with Crippen molar-refractivity contribution in [1.82, 2.24) is 34.4 Å². The number of alkyl halides is 2. The first-order valence-corrected chi connectivity index (χ1v) is 7.98. The van der Waals surface area contributed by atoms with Crippen molar-refractivity contribution in [1.29, 1.82) is 0 Å². The van der Waals surface area contributed by atoms with Crippen LogP contribution in [0.5, 0.6) is 0 Å². The van der Waals surface area contributed by atoms with Gasteiger partial charge in [-0.15, -0.1) is 0 Å². The Bertz CT molecular complexity index is 1050. The monoisotopic (exact) mass is 363 g/mol. The molecule has 11 heteroatoms. The number of aromatic amines is 1. The minimum absolute atomic E-state index is 0.0761. The largest absolute Gasteiger partial charge is 0.346 e. The van der Waals surface area contributed by atoms with Crippen LogP contribution in [0.25, 0.3) is 11.0 Å². The zero-order chi connectivity index (χ0) is 18.4. The molecule has 4 heterocycles. The lowest BCUT2D eigenvalue weighted by molar-refractivity contribution is 0.0706. The van der Waals surface area contributed by atoms with Gasteiger partial charge in [-0.3, -0.25) is 14.5 Å². The molecular weight excluding hydrogens is 348 g/mol. The van der Waals surface area contributed by atoms with Crippen molar-refractivity contribution in [2.24, 2.45) is 0 Å². The lowest BCUT2D eigenvalue weighted by Gasteiger charge is -2.26. The number of aromatic nitrogens is 6. The number of amides is 1. The van der Waals surface area contributed by atoms with Gasteiger partial charge in [0.1, 0.15) is 6.54 Å². The third-order valence-electron chi connectivity index (χ3n) is 4.37. The number of hydrogen-bond acceptors (Lipinski definition) is 5. The fourth-order valence-corrected chi connectivity index (χ4v) is 3.04. The molecule has 136 valence electrons. The molecule has 0 bridgehead atoms. The summed E-state index contributed by atoms with van der Waals surface area (Å²) in [6.45, 7) is 1.65. The van der Waals surface area contributed by atoms with E-state index in [9.17, 15) is 18.4 Å². The molecule has 3 aromatic heterocycles. The molecule has 3 aromatic rings. The lowest BCUT2D eigenvalue weighted by atomic mass is 10.2. The predicted molar refractivity (Wildman–Crippen MR) is 85.9 cm³/mol. The molecule has 0 unspecified atom stereocenters. The number of fused-ring (bicyclic) bond motifs is 2. The number of carbonyl (C=O) groups is 1. The van der Waals surface area contributed by atoms with Gasteiger partial charge < -0.3 is 4.90 Å². The topological polar surface area (TPSA) is 102 Å². The van der Waals surface area contributed by atoms with E-state index in [-0.39, 0.29) is 25.5 Å². The Morgan fingerprint density at radius 3 is 2.96 bits per heavy atom. The van der Waals surface area contributed by atoms with Gasteiger partial charge in [-0.1, -0.05) is 0 Å². The Balaban J connectivity index is 1.60. The number of H-pyrrole nitrogens is 1. The number of aryl methyl sites for hydroxylation is 1. The minimum Gasteiger partial charge on any atom is -0.329 e. The zero-order valence-corrected chi connectivity index (χ0v) is 13.8. The average Bonchev–Trinajstić information content (AvgIpc) is 3.14. The van der Waals surface area contributed by atoms with Crippen molar-refractivity contribution in [3.8, 4) is 0 Å². The smallest absolute Gasteiger partial charge is 0.329 e. The molecule has 1 aliphatic heterocycles. The van der Waals surface area contributed by atoms with Gasteiger partial charge in [-0.25, -0.2) is 23.2 Å². The number of hydrogen-bond donors (Lipinski definition) is 1. The molecule has 0 atom stereocenters. The van der Waals surface area contributed by atoms with Crippen molar-refractivity contribution in [2.45, 2.75) is 33.0 Å². The molecule has 26 heavy (non-hydrogen) atoms. The minimum atomic E-state index is -2.67. The lowest BCUT2D eigenvalue weighted by Crippen LogP contribution is -2.41. The third kappa shape index (κ3) is 2.65. The van der Waals surface area contributed by atoms with Crippen LogP contribution in [0.3, 0.4) is 0 Å². The Kier molecular flexibility index (Phi) is 3.78. The van der Waals surface area contributed by atoms with Gasteiger partial charge in [0.25, 0.3) is 12.3 Å². The Morgan fingerprint density at radius 2 is 2.19 bits per heavy atom. The number of rotatable bonds is 3. The highest BCUT2D eigenvalue weighted by Gasteiger charge is 2.27. The quantitative estimate of drug-likeness (QED) is 0.732. The summed E-state index contributed by atoms with van der Waals surface area (Å²) in [5, 5.41) is 11.5. The number of halogens is 2. The predicted octanol–water partition coefficient (Wildman–Crippen LogP) is 0.546. The molecule has 0 radical (unpaired) electrons. The second kappa shape index (κ2) is 6.00. The molecular formula is C15H15F2N7O2. The molecule has 9 nitrogen and oxygen atoms in total. The number of carbonyl (C=O) groups excluding carboxylic acids is 1. The van der Waals surface area contributed by atoms with E-state index in [4.69, 9.17) is 0 Å². The van der Waals surface area contributed by atoms with Crippen LogP contribution < -0.4 is 5.69 Å². The average molecular weight is 363 g/mol. The summed E-state index contributed by atoms with van der Waals surface area (Å²) in [4.78, 5) is 30.5. The van der Waals surface area contributed by atoms with E-state index in [2.05, 4.69) is 20.3 Å². The summed E-state index contributed by atoms with van der Waals surface area (Å²) in [5.41, 5.74) is 1.15. The van der Waals surface area contributed by atoms with Crippen LogP contribution >= 0.6 is 0 Å². The van der Waals surface area contributed by atoms with Crippen LogP contribution in [0.2, 0.25) is 0 Å². The molecule has 0 aromatic carbocycles. The van der Waals surface area contributed by atoms with Gasteiger partial charge in [0, 0.05) is 30.4 Å². The van der Waals surface area contributed by atoms with Crippen LogP contribution in [0.15, 0.2) is 17.1 Å². The van der Waals surface area contributed by atoms with Crippen molar-refractivity contribution in [2.75, 3.05) is 6.54 Å². The van der Waals surface area contributed by atoms with Crippen LogP contribution in [0.4, 0.5) is 8.78 Å². The van der Waals surface area contributed by atoms with Gasteiger partial charge in [0.15, 0.2) is 11.5 Å². The summed E-state index contributed by atoms with van der Waals surface area (Å²) >= 11 is 0. The maximum atomic E-state index is 12.8. The summed E-state index contributed by atoms with van der Waals surface area (Å²) in [7, 11) is 0. The van der Waals surface area contributed by atoms with Gasteiger partial charge in [0.05, 0.1) is 12.1 Å². The maximum Gasteiger partial charge on any atom is 0.346 e. The summed E-state index contributed by atoms with van der Waals surface area (Å²) in [5.74, 6) is 0.0332. The SMILES string of the molecule is Cc1[nH]nc2ncc(C(=O)N3CCn4c(nn(CC(F)F)c4=O)C3)cc12. The summed E-state index contributed by atoms with van der Waals surface area (Å²) in [6, 6.07) is 1.71. The van der Waals surface area contributed by atoms with Gasteiger partial charge in [-0.2, -0.15) is 10.2 Å². The van der Waals surface area contributed by atoms with Crippen molar-refractivity contribution in [3.05, 3.63) is 39.8 Å². The van der Waals surface area contributed by atoms with Crippen LogP contribution in [0, 0.1) is 6.92 Å². The van der Waals surface area contributed by atoms with E-state index in [1.807, 2.05) is 6.92 Å². The highest BCUT2D eigenvalue weighted by molar-refractivity contribution is 5.97. The Hall–Kier alpha value is -3.11. The fourth-order valence-electron chi connectivity index (χ4n) is 3.04. The summed E-state index contributed by atoms with van der Waals surface area (Å²) in [6.07, 6.45) is -1.22.